The molecular weight excluding hydrogens is 282 g/mol. The monoisotopic (exact) mass is 301 g/mol. The molecule has 1 aliphatic rings. The van der Waals surface area contributed by atoms with Crippen LogP contribution in [0.4, 0.5) is 0 Å². The first-order valence-corrected chi connectivity index (χ1v) is 8.80. The van der Waals surface area contributed by atoms with E-state index < -0.39 is 10.0 Å². The van der Waals surface area contributed by atoms with Crippen LogP contribution >= 0.6 is 0 Å². The van der Waals surface area contributed by atoms with E-state index in [1.54, 1.807) is 12.1 Å². The lowest BCUT2D eigenvalue weighted by atomic mass is 10.1. The van der Waals surface area contributed by atoms with E-state index in [-0.39, 0.29) is 0 Å². The van der Waals surface area contributed by atoms with Gasteiger partial charge in [-0.1, -0.05) is 48.0 Å². The van der Waals surface area contributed by atoms with Gasteiger partial charge in [0.1, 0.15) is 0 Å². The summed E-state index contributed by atoms with van der Waals surface area (Å²) in [6.07, 6.45) is 6.48. The van der Waals surface area contributed by atoms with E-state index >= 15 is 0 Å². The fourth-order valence-corrected chi connectivity index (χ4v) is 4.08. The highest BCUT2D eigenvalue weighted by atomic mass is 32.2. The SMILES string of the molecule is O=S(=O)(NCCC1=CCCC1)c1cccc2ccccc12. The summed E-state index contributed by atoms with van der Waals surface area (Å²) in [6.45, 7) is 0.470. The van der Waals surface area contributed by atoms with Gasteiger partial charge in [0.05, 0.1) is 4.90 Å². The molecule has 0 spiro atoms. The number of rotatable bonds is 5. The molecule has 0 unspecified atom stereocenters. The Balaban J connectivity index is 1.80. The van der Waals surface area contributed by atoms with Gasteiger partial charge in [-0.2, -0.15) is 0 Å². The molecule has 0 bridgehead atoms. The average molecular weight is 301 g/mol. The van der Waals surface area contributed by atoms with Crippen molar-refractivity contribution in [1.82, 2.24) is 4.72 Å². The fraction of sp³-hybridized carbons (Fsp3) is 0.294. The number of allylic oxidation sites excluding steroid dienone is 1. The van der Waals surface area contributed by atoms with Crippen molar-refractivity contribution in [2.75, 3.05) is 6.54 Å². The highest BCUT2D eigenvalue weighted by Crippen LogP contribution is 2.23. The van der Waals surface area contributed by atoms with Crippen LogP contribution in [0.1, 0.15) is 25.7 Å². The van der Waals surface area contributed by atoms with Gasteiger partial charge in [0.2, 0.25) is 10.0 Å². The topological polar surface area (TPSA) is 46.2 Å². The second-order valence-corrected chi connectivity index (χ2v) is 7.12. The molecule has 0 saturated heterocycles. The summed E-state index contributed by atoms with van der Waals surface area (Å²) in [5, 5.41) is 1.71. The Morgan fingerprint density at radius 1 is 1.05 bits per heavy atom. The van der Waals surface area contributed by atoms with Crippen LogP contribution < -0.4 is 4.72 Å². The summed E-state index contributed by atoms with van der Waals surface area (Å²) in [6, 6.07) is 12.9. The molecule has 4 heteroatoms. The van der Waals surface area contributed by atoms with Crippen LogP contribution in [0.15, 0.2) is 59.0 Å². The molecule has 0 aliphatic heterocycles. The Morgan fingerprint density at radius 2 is 1.86 bits per heavy atom. The predicted molar refractivity (Wildman–Crippen MR) is 85.7 cm³/mol. The molecule has 0 saturated carbocycles. The van der Waals surface area contributed by atoms with Crippen molar-refractivity contribution in [3.8, 4) is 0 Å². The fourth-order valence-electron chi connectivity index (χ4n) is 2.82. The Bertz CT molecular complexity index is 773. The Hall–Kier alpha value is -1.65. The minimum atomic E-state index is -3.46. The van der Waals surface area contributed by atoms with Crippen LogP contribution in [0.3, 0.4) is 0 Å². The van der Waals surface area contributed by atoms with E-state index in [1.807, 2.05) is 30.3 Å². The molecule has 1 aliphatic carbocycles. The third kappa shape index (κ3) is 3.17. The standard InChI is InChI=1S/C17H19NO2S/c19-21(20,18-13-12-14-6-1-2-7-14)17-11-5-9-15-8-3-4-10-16(15)17/h3-6,8-11,18H,1-2,7,12-13H2. The molecule has 0 amide bonds. The van der Waals surface area contributed by atoms with Crippen molar-refractivity contribution < 1.29 is 8.42 Å². The molecule has 3 rings (SSSR count). The van der Waals surface area contributed by atoms with Gasteiger partial charge >= 0.3 is 0 Å². The summed E-state index contributed by atoms with van der Waals surface area (Å²) in [5.41, 5.74) is 1.37. The summed E-state index contributed by atoms with van der Waals surface area (Å²) < 4.78 is 27.7. The molecule has 2 aromatic rings. The van der Waals surface area contributed by atoms with E-state index in [4.69, 9.17) is 0 Å². The Morgan fingerprint density at radius 3 is 2.67 bits per heavy atom. The number of hydrogen-bond donors (Lipinski definition) is 1. The van der Waals surface area contributed by atoms with Crippen molar-refractivity contribution in [3.05, 3.63) is 54.1 Å². The van der Waals surface area contributed by atoms with Gasteiger partial charge < -0.3 is 0 Å². The normalized spacial score (nSPS) is 15.3. The first kappa shape index (κ1) is 14.3. The molecule has 0 radical (unpaired) electrons. The minimum Gasteiger partial charge on any atom is -0.211 e. The number of hydrogen-bond acceptors (Lipinski definition) is 2. The summed E-state index contributed by atoms with van der Waals surface area (Å²) in [5.74, 6) is 0. The summed E-state index contributed by atoms with van der Waals surface area (Å²) >= 11 is 0. The highest BCUT2D eigenvalue weighted by Gasteiger charge is 2.16. The lowest BCUT2D eigenvalue weighted by Crippen LogP contribution is -2.25. The first-order valence-electron chi connectivity index (χ1n) is 7.32. The van der Waals surface area contributed by atoms with Crippen LogP contribution in [-0.4, -0.2) is 15.0 Å². The zero-order valence-corrected chi connectivity index (χ0v) is 12.7. The van der Waals surface area contributed by atoms with Crippen LogP contribution in [0.25, 0.3) is 10.8 Å². The second-order valence-electron chi connectivity index (χ2n) is 5.38. The van der Waals surface area contributed by atoms with Crippen molar-refractivity contribution in [3.63, 3.8) is 0 Å². The third-order valence-corrected chi connectivity index (χ3v) is 5.43. The number of sulfonamides is 1. The molecule has 3 nitrogen and oxygen atoms in total. The predicted octanol–water partition coefficient (Wildman–Crippen LogP) is 3.62. The molecule has 0 aromatic heterocycles. The van der Waals surface area contributed by atoms with Gasteiger partial charge in [0, 0.05) is 11.9 Å². The second kappa shape index (κ2) is 6.00. The van der Waals surface area contributed by atoms with Crippen LogP contribution in [0, 0.1) is 0 Å². The van der Waals surface area contributed by atoms with E-state index in [0.29, 0.717) is 11.4 Å². The maximum Gasteiger partial charge on any atom is 0.241 e. The molecular formula is C17H19NO2S. The zero-order chi connectivity index (χ0) is 14.7. The molecule has 110 valence electrons. The van der Waals surface area contributed by atoms with Crippen molar-refractivity contribution in [1.29, 1.82) is 0 Å². The van der Waals surface area contributed by atoms with E-state index in [2.05, 4.69) is 10.8 Å². The largest absolute Gasteiger partial charge is 0.241 e. The summed E-state index contributed by atoms with van der Waals surface area (Å²) in [7, 11) is -3.46. The van der Waals surface area contributed by atoms with Gasteiger partial charge in [-0.3, -0.25) is 0 Å². The quantitative estimate of drug-likeness (QED) is 0.857. The average Bonchev–Trinajstić information content (AvgIpc) is 3.00. The van der Waals surface area contributed by atoms with E-state index in [9.17, 15) is 8.42 Å². The first-order chi connectivity index (χ1) is 10.2. The Kier molecular flexibility index (Phi) is 4.08. The molecule has 1 N–H and O–H groups in total. The molecule has 0 heterocycles. The zero-order valence-electron chi connectivity index (χ0n) is 11.9. The van der Waals surface area contributed by atoms with Crippen LogP contribution in [-0.2, 0) is 10.0 Å². The van der Waals surface area contributed by atoms with Gasteiger partial charge in [0.15, 0.2) is 0 Å². The molecule has 0 fully saturated rings. The number of nitrogens with one attached hydrogen (secondary N) is 1. The number of benzene rings is 2. The van der Waals surface area contributed by atoms with E-state index in [0.717, 1.165) is 30.0 Å². The van der Waals surface area contributed by atoms with Crippen molar-refractivity contribution in [2.24, 2.45) is 0 Å². The van der Waals surface area contributed by atoms with Gasteiger partial charge in [0.25, 0.3) is 0 Å². The van der Waals surface area contributed by atoms with E-state index in [1.165, 1.54) is 12.0 Å². The third-order valence-electron chi connectivity index (χ3n) is 3.91. The van der Waals surface area contributed by atoms with Crippen LogP contribution in [0.5, 0.6) is 0 Å². The lowest BCUT2D eigenvalue weighted by molar-refractivity contribution is 0.582. The van der Waals surface area contributed by atoms with Crippen molar-refractivity contribution >= 4 is 20.8 Å². The van der Waals surface area contributed by atoms with Crippen LogP contribution in [0.2, 0.25) is 0 Å². The maximum atomic E-state index is 12.5. The molecule has 21 heavy (non-hydrogen) atoms. The number of fused-ring (bicyclic) bond motifs is 1. The van der Waals surface area contributed by atoms with Gasteiger partial charge in [-0.05, 0) is 37.1 Å². The molecule has 2 aromatic carbocycles. The summed E-state index contributed by atoms with van der Waals surface area (Å²) in [4.78, 5) is 0.362. The molecule has 0 atom stereocenters. The van der Waals surface area contributed by atoms with Crippen molar-refractivity contribution in [2.45, 2.75) is 30.6 Å². The smallest absolute Gasteiger partial charge is 0.211 e. The van der Waals surface area contributed by atoms with Gasteiger partial charge in [-0.25, -0.2) is 13.1 Å². The van der Waals surface area contributed by atoms with Gasteiger partial charge in [-0.15, -0.1) is 0 Å². The lowest BCUT2D eigenvalue weighted by Gasteiger charge is -2.10. The Labute approximate surface area is 125 Å². The maximum absolute atomic E-state index is 12.5. The highest BCUT2D eigenvalue weighted by molar-refractivity contribution is 7.89. The minimum absolute atomic E-state index is 0.362.